The fourth-order valence-corrected chi connectivity index (χ4v) is 6.40. The SMILES string of the molecule is COc1cccc([C@@]23CCN(Cc4ccccc4)CC2Cc2c([nH]c4cc(C)ccc24)C3)c1. The van der Waals surface area contributed by atoms with Gasteiger partial charge in [0.2, 0.25) is 0 Å². The lowest BCUT2D eigenvalue weighted by atomic mass is 9.58. The van der Waals surface area contributed by atoms with Crippen molar-refractivity contribution < 1.29 is 4.74 Å². The summed E-state index contributed by atoms with van der Waals surface area (Å²) in [7, 11) is 1.77. The first-order chi connectivity index (χ1) is 16.1. The van der Waals surface area contributed by atoms with E-state index in [0.717, 1.165) is 38.2 Å². The van der Waals surface area contributed by atoms with Crippen molar-refractivity contribution in [3.8, 4) is 5.75 Å². The molecule has 0 amide bonds. The molecular formula is C30H32N2O. The van der Waals surface area contributed by atoms with Gasteiger partial charge in [-0.2, -0.15) is 0 Å². The summed E-state index contributed by atoms with van der Waals surface area (Å²) >= 11 is 0. The Hall–Kier alpha value is -3.04. The number of fused-ring (bicyclic) bond motifs is 4. The van der Waals surface area contributed by atoms with Gasteiger partial charge in [-0.3, -0.25) is 4.90 Å². The normalized spacial score (nSPS) is 22.7. The minimum atomic E-state index is 0.144. The van der Waals surface area contributed by atoms with Crippen molar-refractivity contribution >= 4 is 10.9 Å². The van der Waals surface area contributed by atoms with Crippen LogP contribution in [0.5, 0.6) is 5.75 Å². The zero-order chi connectivity index (χ0) is 22.4. The molecule has 1 fully saturated rings. The van der Waals surface area contributed by atoms with Gasteiger partial charge in [0.1, 0.15) is 5.75 Å². The van der Waals surface area contributed by atoms with Crippen molar-refractivity contribution in [3.05, 3.63) is 101 Å². The average molecular weight is 437 g/mol. The van der Waals surface area contributed by atoms with Crippen LogP contribution in [0.2, 0.25) is 0 Å². The van der Waals surface area contributed by atoms with Gasteiger partial charge in [0.05, 0.1) is 7.11 Å². The monoisotopic (exact) mass is 436 g/mol. The number of benzene rings is 3. The number of aryl methyl sites for hydroxylation is 1. The second-order valence-electron chi connectivity index (χ2n) is 10.1. The molecule has 1 saturated heterocycles. The fourth-order valence-electron chi connectivity index (χ4n) is 6.40. The van der Waals surface area contributed by atoms with Gasteiger partial charge in [0.25, 0.3) is 0 Å². The van der Waals surface area contributed by atoms with Crippen LogP contribution in [0, 0.1) is 12.8 Å². The van der Waals surface area contributed by atoms with Gasteiger partial charge >= 0.3 is 0 Å². The average Bonchev–Trinajstić information content (AvgIpc) is 3.19. The third-order valence-corrected chi connectivity index (χ3v) is 8.12. The van der Waals surface area contributed by atoms with Crippen molar-refractivity contribution in [1.29, 1.82) is 0 Å². The van der Waals surface area contributed by atoms with Crippen LogP contribution >= 0.6 is 0 Å². The van der Waals surface area contributed by atoms with Crippen LogP contribution in [0.25, 0.3) is 10.9 Å². The Balaban J connectivity index is 1.41. The zero-order valence-electron chi connectivity index (χ0n) is 19.6. The second kappa shape index (κ2) is 8.07. The Kier molecular flexibility index (Phi) is 5.03. The van der Waals surface area contributed by atoms with E-state index in [1.807, 2.05) is 0 Å². The van der Waals surface area contributed by atoms with Gasteiger partial charge in [0.15, 0.2) is 0 Å². The topological polar surface area (TPSA) is 28.3 Å². The number of aromatic nitrogens is 1. The molecule has 0 bridgehead atoms. The highest BCUT2D eigenvalue weighted by molar-refractivity contribution is 5.85. The number of nitrogens with one attached hydrogen (secondary N) is 1. The Labute approximate surface area is 196 Å². The third-order valence-electron chi connectivity index (χ3n) is 8.12. The number of methoxy groups -OCH3 is 1. The van der Waals surface area contributed by atoms with Crippen LogP contribution in [-0.2, 0) is 24.8 Å². The predicted octanol–water partition coefficient (Wildman–Crippen LogP) is 6.04. The molecule has 2 atom stereocenters. The van der Waals surface area contributed by atoms with E-state index in [1.165, 1.54) is 45.3 Å². The first kappa shape index (κ1) is 20.6. The van der Waals surface area contributed by atoms with Crippen LogP contribution in [0.4, 0.5) is 0 Å². The minimum Gasteiger partial charge on any atom is -0.497 e. The lowest BCUT2D eigenvalue weighted by Gasteiger charge is -2.51. The van der Waals surface area contributed by atoms with Crippen molar-refractivity contribution in [2.24, 2.45) is 5.92 Å². The molecule has 3 heteroatoms. The quantitative estimate of drug-likeness (QED) is 0.422. The van der Waals surface area contributed by atoms with Gasteiger partial charge in [-0.1, -0.05) is 54.6 Å². The van der Waals surface area contributed by atoms with Gasteiger partial charge < -0.3 is 9.72 Å². The highest BCUT2D eigenvalue weighted by atomic mass is 16.5. The number of piperidine rings is 1. The van der Waals surface area contributed by atoms with E-state index in [9.17, 15) is 0 Å². The van der Waals surface area contributed by atoms with E-state index in [1.54, 1.807) is 7.11 Å². The molecule has 1 aromatic heterocycles. The molecule has 0 radical (unpaired) electrons. The summed E-state index contributed by atoms with van der Waals surface area (Å²) in [5.74, 6) is 1.54. The fraction of sp³-hybridized carbons (Fsp3) is 0.333. The Morgan fingerprint density at radius 1 is 1.03 bits per heavy atom. The summed E-state index contributed by atoms with van der Waals surface area (Å²) in [4.78, 5) is 6.49. The van der Waals surface area contributed by atoms with Crippen molar-refractivity contribution in [3.63, 3.8) is 0 Å². The van der Waals surface area contributed by atoms with Crippen LogP contribution < -0.4 is 4.74 Å². The van der Waals surface area contributed by atoms with E-state index in [-0.39, 0.29) is 5.41 Å². The van der Waals surface area contributed by atoms with Crippen LogP contribution in [0.1, 0.15) is 34.4 Å². The summed E-state index contributed by atoms with van der Waals surface area (Å²) in [5.41, 5.74) is 8.57. The molecule has 1 aliphatic heterocycles. The Morgan fingerprint density at radius 3 is 2.76 bits per heavy atom. The molecule has 3 nitrogen and oxygen atoms in total. The molecular weight excluding hydrogens is 404 g/mol. The number of likely N-dealkylation sites (tertiary alicyclic amines) is 1. The number of hydrogen-bond donors (Lipinski definition) is 1. The largest absolute Gasteiger partial charge is 0.497 e. The number of H-pyrrole nitrogens is 1. The van der Waals surface area contributed by atoms with Crippen molar-refractivity contribution in [2.75, 3.05) is 20.2 Å². The van der Waals surface area contributed by atoms with E-state index in [4.69, 9.17) is 4.74 Å². The molecule has 4 aromatic rings. The summed E-state index contributed by atoms with van der Waals surface area (Å²) < 4.78 is 5.63. The number of hydrogen-bond acceptors (Lipinski definition) is 2. The number of rotatable bonds is 4. The van der Waals surface area contributed by atoms with Crippen LogP contribution in [0.15, 0.2) is 72.8 Å². The molecule has 3 aromatic carbocycles. The number of ether oxygens (including phenoxy) is 1. The van der Waals surface area contributed by atoms with Crippen molar-refractivity contribution in [2.45, 2.75) is 38.1 Å². The van der Waals surface area contributed by atoms with Gasteiger partial charge in [-0.15, -0.1) is 0 Å². The van der Waals surface area contributed by atoms with E-state index in [2.05, 4.69) is 89.6 Å². The molecule has 0 spiro atoms. The van der Waals surface area contributed by atoms with Crippen molar-refractivity contribution in [1.82, 2.24) is 9.88 Å². The summed E-state index contributed by atoms with van der Waals surface area (Å²) in [5, 5.41) is 1.41. The van der Waals surface area contributed by atoms with Crippen LogP contribution in [-0.4, -0.2) is 30.1 Å². The third kappa shape index (κ3) is 3.55. The smallest absolute Gasteiger partial charge is 0.119 e. The number of nitrogens with zero attached hydrogens (tertiary/aromatic N) is 1. The minimum absolute atomic E-state index is 0.144. The van der Waals surface area contributed by atoms with E-state index in [0.29, 0.717) is 5.92 Å². The highest BCUT2D eigenvalue weighted by Crippen LogP contribution is 2.49. The molecule has 1 N–H and O–H groups in total. The maximum Gasteiger partial charge on any atom is 0.119 e. The first-order valence-corrected chi connectivity index (χ1v) is 12.2. The molecule has 2 heterocycles. The second-order valence-corrected chi connectivity index (χ2v) is 10.1. The lowest BCUT2D eigenvalue weighted by Crippen LogP contribution is -2.53. The molecule has 2 aliphatic rings. The molecule has 6 rings (SSSR count). The van der Waals surface area contributed by atoms with Gasteiger partial charge in [0, 0.05) is 35.1 Å². The highest BCUT2D eigenvalue weighted by Gasteiger charge is 2.48. The summed E-state index contributed by atoms with van der Waals surface area (Å²) in [6.07, 6.45) is 3.37. The van der Waals surface area contributed by atoms with Crippen LogP contribution in [0.3, 0.4) is 0 Å². The Morgan fingerprint density at radius 2 is 1.91 bits per heavy atom. The maximum absolute atomic E-state index is 5.63. The van der Waals surface area contributed by atoms with Gasteiger partial charge in [-0.25, -0.2) is 0 Å². The molecule has 1 unspecified atom stereocenters. The lowest BCUT2D eigenvalue weighted by molar-refractivity contribution is 0.0765. The van der Waals surface area contributed by atoms with E-state index >= 15 is 0 Å². The van der Waals surface area contributed by atoms with E-state index < -0.39 is 0 Å². The Bertz CT molecular complexity index is 1290. The molecule has 1 aliphatic carbocycles. The standard InChI is InChI=1S/C30H32N2O/c1-21-11-12-26-27-17-24-20-32(19-22-7-4-3-5-8-22)14-13-30(24,18-29(27)31-28(26)15-21)23-9-6-10-25(16-23)33-2/h3-12,15-16,24,31H,13-14,17-20H2,1-2H3/t24?,30-/m0/s1. The number of aromatic amines is 1. The maximum atomic E-state index is 5.63. The molecule has 33 heavy (non-hydrogen) atoms. The summed E-state index contributed by atoms with van der Waals surface area (Å²) in [6.45, 7) is 5.46. The predicted molar refractivity (Wildman–Crippen MR) is 135 cm³/mol. The first-order valence-electron chi connectivity index (χ1n) is 12.2. The molecule has 168 valence electrons. The van der Waals surface area contributed by atoms with Gasteiger partial charge in [-0.05, 0) is 79.1 Å². The summed E-state index contributed by atoms with van der Waals surface area (Å²) in [6, 6.07) is 26.7. The zero-order valence-corrected chi connectivity index (χ0v) is 19.6. The molecule has 0 saturated carbocycles.